The second-order valence-corrected chi connectivity index (χ2v) is 10.6. The van der Waals surface area contributed by atoms with Gasteiger partial charge < -0.3 is 19.7 Å². The van der Waals surface area contributed by atoms with Gasteiger partial charge in [-0.2, -0.15) is 0 Å². The van der Waals surface area contributed by atoms with Crippen LogP contribution in [0.5, 0.6) is 23.0 Å². The molecule has 4 aromatic rings. The van der Waals surface area contributed by atoms with E-state index in [9.17, 15) is 19.0 Å². The van der Waals surface area contributed by atoms with Crippen molar-refractivity contribution in [1.82, 2.24) is 0 Å². The minimum Gasteiger partial charge on any atom is -0.508 e. The number of ether oxygens (including phenoxy) is 2. The smallest absolute Gasteiger partial charge is 0.165 e. The number of hydrogen-bond acceptors (Lipinski definition) is 4. The van der Waals surface area contributed by atoms with Crippen LogP contribution in [-0.4, -0.2) is 24.4 Å². The van der Waals surface area contributed by atoms with E-state index in [-0.39, 0.29) is 17.3 Å². The van der Waals surface area contributed by atoms with E-state index in [1.165, 1.54) is 24.8 Å². The van der Waals surface area contributed by atoms with Crippen molar-refractivity contribution in [2.24, 2.45) is 11.8 Å². The number of methoxy groups -OCH3 is 2. The predicted molar refractivity (Wildman–Crippen MR) is 164 cm³/mol. The van der Waals surface area contributed by atoms with Gasteiger partial charge in [0.25, 0.3) is 0 Å². The number of hydrogen-bond donors (Lipinski definition) is 2. The molecule has 2 unspecified atom stereocenters. The molecule has 2 atom stereocenters. The molecule has 0 fully saturated rings. The van der Waals surface area contributed by atoms with Crippen LogP contribution in [-0.2, 0) is 25.7 Å². The summed E-state index contributed by atoms with van der Waals surface area (Å²) in [5, 5.41) is 18.5. The van der Waals surface area contributed by atoms with Crippen molar-refractivity contribution in [2.75, 3.05) is 14.2 Å². The maximum absolute atomic E-state index is 13.8. The van der Waals surface area contributed by atoms with Gasteiger partial charge in [-0.15, -0.1) is 0 Å². The second-order valence-electron chi connectivity index (χ2n) is 10.6. The van der Waals surface area contributed by atoms with Crippen molar-refractivity contribution in [2.45, 2.75) is 52.4 Å². The number of phenols is 2. The number of aromatic hydroxyl groups is 2. The molecule has 0 aliphatic heterocycles. The van der Waals surface area contributed by atoms with Gasteiger partial charge >= 0.3 is 0 Å². The Hall–Kier alpha value is -4.06. The van der Waals surface area contributed by atoms with Crippen molar-refractivity contribution in [1.29, 1.82) is 0 Å². The van der Waals surface area contributed by atoms with Crippen LogP contribution in [0.2, 0.25) is 0 Å². The molecule has 4 rings (SSSR count). The van der Waals surface area contributed by atoms with Gasteiger partial charge in [0.2, 0.25) is 0 Å². The molecule has 4 nitrogen and oxygen atoms in total. The first-order valence-corrected chi connectivity index (χ1v) is 14.4. The van der Waals surface area contributed by atoms with Crippen LogP contribution in [0.3, 0.4) is 0 Å². The summed E-state index contributed by atoms with van der Waals surface area (Å²) in [6, 6.07) is 25.1. The minimum atomic E-state index is -0.568. The lowest BCUT2D eigenvalue weighted by atomic mass is 9.90. The molecular formula is C36H42F2O4. The lowest BCUT2D eigenvalue weighted by Gasteiger charge is -2.16. The first-order valence-electron chi connectivity index (χ1n) is 14.4. The number of rotatable bonds is 12. The van der Waals surface area contributed by atoms with Gasteiger partial charge in [0.05, 0.1) is 14.2 Å². The Morgan fingerprint density at radius 3 is 1.48 bits per heavy atom. The fourth-order valence-electron chi connectivity index (χ4n) is 4.96. The van der Waals surface area contributed by atoms with Crippen LogP contribution in [0.1, 0.15) is 48.9 Å². The minimum absolute atomic E-state index is 0.266. The zero-order chi connectivity index (χ0) is 30.5. The lowest BCUT2D eigenvalue weighted by Crippen LogP contribution is -2.07. The molecule has 6 heteroatoms. The second kappa shape index (κ2) is 16.4. The molecule has 0 bridgehead atoms. The quantitative estimate of drug-likeness (QED) is 0.177. The van der Waals surface area contributed by atoms with Crippen LogP contribution in [0, 0.1) is 23.5 Å². The normalized spacial score (nSPS) is 12.1. The maximum atomic E-state index is 13.8. The van der Waals surface area contributed by atoms with Gasteiger partial charge in [-0.1, -0.05) is 63.1 Å². The van der Waals surface area contributed by atoms with E-state index in [2.05, 4.69) is 26.0 Å². The third-order valence-corrected chi connectivity index (χ3v) is 7.58. The first-order chi connectivity index (χ1) is 20.2. The molecule has 0 radical (unpaired) electrons. The van der Waals surface area contributed by atoms with E-state index < -0.39 is 5.82 Å². The van der Waals surface area contributed by atoms with E-state index in [0.717, 1.165) is 61.0 Å². The van der Waals surface area contributed by atoms with Gasteiger partial charge in [0.1, 0.15) is 11.5 Å². The van der Waals surface area contributed by atoms with Crippen molar-refractivity contribution in [3.63, 3.8) is 0 Å². The molecule has 0 amide bonds. The van der Waals surface area contributed by atoms with Crippen molar-refractivity contribution in [3.8, 4) is 23.0 Å². The van der Waals surface area contributed by atoms with Gasteiger partial charge in [0, 0.05) is 0 Å². The average molecular weight is 577 g/mol. The van der Waals surface area contributed by atoms with Crippen LogP contribution in [0.4, 0.5) is 8.78 Å². The van der Waals surface area contributed by atoms with E-state index in [4.69, 9.17) is 9.47 Å². The van der Waals surface area contributed by atoms with E-state index in [0.29, 0.717) is 17.6 Å². The van der Waals surface area contributed by atoms with Gasteiger partial charge in [-0.3, -0.25) is 0 Å². The van der Waals surface area contributed by atoms with Crippen molar-refractivity contribution in [3.05, 3.63) is 119 Å². The standard InChI is InChI=1S/C19H23FO2.C17H19FO2/c1-4-14(11-15-5-8-17(21-2)9-6-15)12-16-7-10-19(22-3)18(20)13-16;1-2-12(9-13-3-6-15(19)7-4-13)10-14-5-8-17(20)16(18)11-14/h5-10,13-14H,4,11-12H2,1-3H3;3-8,11-12,19-20H,2,9-10H2,1H3. The van der Waals surface area contributed by atoms with Gasteiger partial charge in [-0.25, -0.2) is 8.78 Å². The Morgan fingerprint density at radius 2 is 1.02 bits per heavy atom. The molecule has 0 spiro atoms. The molecule has 4 aromatic carbocycles. The molecule has 42 heavy (non-hydrogen) atoms. The molecular weight excluding hydrogens is 534 g/mol. The fraction of sp³-hybridized carbons (Fsp3) is 0.333. The van der Waals surface area contributed by atoms with Crippen LogP contribution < -0.4 is 9.47 Å². The third kappa shape index (κ3) is 10.1. The molecule has 2 N–H and O–H groups in total. The Balaban J connectivity index is 0.000000231. The number of benzene rings is 4. The predicted octanol–water partition coefficient (Wildman–Crippen LogP) is 8.70. The summed E-state index contributed by atoms with van der Waals surface area (Å²) in [4.78, 5) is 0. The summed E-state index contributed by atoms with van der Waals surface area (Å²) in [6.45, 7) is 4.29. The fourth-order valence-corrected chi connectivity index (χ4v) is 4.96. The lowest BCUT2D eigenvalue weighted by molar-refractivity contribution is 0.385. The summed E-state index contributed by atoms with van der Waals surface area (Å²) in [7, 11) is 3.15. The largest absolute Gasteiger partial charge is 0.508 e. The van der Waals surface area contributed by atoms with Crippen molar-refractivity contribution >= 4 is 0 Å². The summed E-state index contributed by atoms with van der Waals surface area (Å²) in [5.74, 6) is 1.16. The Labute approximate surface area is 248 Å². The molecule has 0 saturated heterocycles. The van der Waals surface area contributed by atoms with Gasteiger partial charge in [-0.05, 0) is 108 Å². The summed E-state index contributed by atoms with van der Waals surface area (Å²) in [5.41, 5.74) is 4.35. The average Bonchev–Trinajstić information content (AvgIpc) is 3.00. The summed E-state index contributed by atoms with van der Waals surface area (Å²) in [6.07, 6.45) is 5.55. The zero-order valence-corrected chi connectivity index (χ0v) is 24.9. The molecule has 0 aliphatic carbocycles. The number of phenolic OH excluding ortho intramolecular Hbond substituents is 2. The SMILES string of the molecule is CCC(Cc1ccc(O)cc1)Cc1ccc(O)c(F)c1.CCC(Cc1ccc(OC)cc1)Cc1ccc(OC)c(F)c1. The highest BCUT2D eigenvalue weighted by molar-refractivity contribution is 5.31. The monoisotopic (exact) mass is 576 g/mol. The highest BCUT2D eigenvalue weighted by Gasteiger charge is 2.12. The maximum Gasteiger partial charge on any atom is 0.165 e. The molecule has 0 aliphatic rings. The van der Waals surface area contributed by atoms with E-state index in [1.807, 2.05) is 30.3 Å². The zero-order valence-electron chi connectivity index (χ0n) is 24.9. The summed E-state index contributed by atoms with van der Waals surface area (Å²) >= 11 is 0. The highest BCUT2D eigenvalue weighted by atomic mass is 19.1. The van der Waals surface area contributed by atoms with Gasteiger partial charge in [0.15, 0.2) is 23.1 Å². The number of halogens is 2. The molecule has 0 saturated carbocycles. The molecule has 0 heterocycles. The topological polar surface area (TPSA) is 58.9 Å². The Bertz CT molecular complexity index is 1370. The first kappa shape index (κ1) is 32.5. The van der Waals surface area contributed by atoms with Crippen LogP contribution in [0.25, 0.3) is 0 Å². The van der Waals surface area contributed by atoms with E-state index in [1.54, 1.807) is 37.4 Å². The third-order valence-electron chi connectivity index (χ3n) is 7.58. The Kier molecular flexibility index (Phi) is 12.7. The van der Waals surface area contributed by atoms with Crippen molar-refractivity contribution < 1.29 is 28.5 Å². The summed E-state index contributed by atoms with van der Waals surface area (Å²) < 4.78 is 37.2. The Morgan fingerprint density at radius 1 is 0.571 bits per heavy atom. The molecule has 0 aromatic heterocycles. The highest BCUT2D eigenvalue weighted by Crippen LogP contribution is 2.24. The van der Waals surface area contributed by atoms with E-state index >= 15 is 0 Å². The van der Waals surface area contributed by atoms with Crippen LogP contribution >= 0.6 is 0 Å². The van der Waals surface area contributed by atoms with Crippen LogP contribution in [0.15, 0.2) is 84.9 Å². The molecule has 224 valence electrons.